The van der Waals surface area contributed by atoms with E-state index in [4.69, 9.17) is 16.2 Å². The molecule has 11 aliphatic rings. The molecule has 19 heteroatoms. The highest BCUT2D eigenvalue weighted by Crippen LogP contribution is 2.67. The molecular formula is C110H219F5N12O2. The first-order valence-electron chi connectivity index (χ1n) is 51.0. The van der Waals surface area contributed by atoms with Gasteiger partial charge in [-0.15, -0.1) is 0 Å². The number of carbonyl (C=O) groups is 1. The average molecular weight is 1840 g/mol. The first-order chi connectivity index (χ1) is 56.7. The highest BCUT2D eigenvalue weighted by atomic mass is 19.2. The third kappa shape index (κ3) is 31.1. The number of nitrogens with zero attached hydrogens (tertiary/aromatic N) is 9. The second-order valence-electron chi connectivity index (χ2n) is 60.8. The van der Waals surface area contributed by atoms with Crippen molar-refractivity contribution in [1.82, 2.24) is 49.4 Å². The number of nitrogens with two attached hydrogens (primary N) is 2. The molecule has 129 heavy (non-hydrogen) atoms. The Morgan fingerprint density at radius 2 is 0.729 bits per heavy atom. The van der Waals surface area contributed by atoms with Crippen molar-refractivity contribution in [2.24, 2.45) is 77.0 Å². The lowest BCUT2D eigenvalue weighted by Crippen LogP contribution is -2.56. The van der Waals surface area contributed by atoms with Crippen LogP contribution in [0.5, 0.6) is 0 Å². The topological polar surface area (TPSA) is 120 Å². The maximum Gasteiger partial charge on any atom is 0.217 e. The summed E-state index contributed by atoms with van der Waals surface area (Å²) in [5.41, 5.74) is 13.0. The monoisotopic (exact) mass is 1840 g/mol. The van der Waals surface area contributed by atoms with Gasteiger partial charge in [0.2, 0.25) is 5.91 Å². The summed E-state index contributed by atoms with van der Waals surface area (Å²) in [5, 5.41) is 2.79. The summed E-state index contributed by atoms with van der Waals surface area (Å²) >= 11 is 0. The van der Waals surface area contributed by atoms with Crippen molar-refractivity contribution in [3.63, 3.8) is 0 Å². The van der Waals surface area contributed by atoms with E-state index in [1.165, 1.54) is 65.0 Å². The molecule has 0 aromatic rings. The summed E-state index contributed by atoms with van der Waals surface area (Å²) in [6.07, 6.45) is 8.61. The Hall–Kier alpha value is -1.36. The minimum Gasteiger partial charge on any atom is -0.384 e. The molecule has 11 rings (SSSR count). The van der Waals surface area contributed by atoms with Gasteiger partial charge in [0.05, 0.1) is 18.7 Å². The molecule has 8 saturated heterocycles. The van der Waals surface area contributed by atoms with Gasteiger partial charge >= 0.3 is 0 Å². The molecule has 3 saturated carbocycles. The molecule has 0 spiro atoms. The lowest BCUT2D eigenvalue weighted by Gasteiger charge is -2.45. The summed E-state index contributed by atoms with van der Waals surface area (Å²) in [6.45, 7) is 118. The normalized spacial score (nSPS) is 35.1. The summed E-state index contributed by atoms with van der Waals surface area (Å²) in [4.78, 5) is 33.5. The molecule has 766 valence electrons. The first-order valence-corrected chi connectivity index (χ1v) is 51.0. The number of methoxy groups -OCH3 is 1. The molecule has 0 bridgehead atoms. The molecule has 5 N–H and O–H groups in total. The molecular weight excluding hydrogens is 1620 g/mol. The van der Waals surface area contributed by atoms with Crippen LogP contribution in [0.15, 0.2) is 0 Å². The van der Waals surface area contributed by atoms with Crippen LogP contribution in [-0.4, -0.2) is 277 Å². The van der Waals surface area contributed by atoms with Crippen LogP contribution in [0.4, 0.5) is 22.0 Å². The number of amides is 1. The van der Waals surface area contributed by atoms with Gasteiger partial charge in [-0.05, 0) is 286 Å². The van der Waals surface area contributed by atoms with E-state index < -0.39 is 36.4 Å². The zero-order chi connectivity index (χ0) is 102. The Labute approximate surface area is 797 Å². The molecule has 8 heterocycles. The number of halogens is 5. The highest BCUT2D eigenvalue weighted by Gasteiger charge is 2.70. The minimum atomic E-state index is -1.65. The molecule has 11 fully saturated rings. The Bertz CT molecular complexity index is 3340. The minimum absolute atomic E-state index is 0.000949. The lowest BCUT2D eigenvalue weighted by atomic mass is 9.80. The predicted octanol–water partition coefficient (Wildman–Crippen LogP) is 24.5. The second-order valence-corrected chi connectivity index (χ2v) is 60.8. The molecule has 0 radical (unpaired) electrons. The third-order valence-electron chi connectivity index (χ3n) is 31.1. The van der Waals surface area contributed by atoms with Gasteiger partial charge in [0.25, 0.3) is 0 Å². The van der Waals surface area contributed by atoms with Crippen molar-refractivity contribution in [2.75, 3.05) is 80.3 Å². The van der Waals surface area contributed by atoms with Gasteiger partial charge in [-0.1, -0.05) is 180 Å². The zero-order valence-electron chi connectivity index (χ0n) is 95.4. The molecule has 14 nitrogen and oxygen atoms in total. The van der Waals surface area contributed by atoms with E-state index in [9.17, 15) is 26.7 Å². The molecule has 21 atom stereocenters. The number of rotatable bonds is 7. The van der Waals surface area contributed by atoms with Gasteiger partial charge in [-0.25, -0.2) is 22.0 Å². The van der Waals surface area contributed by atoms with E-state index in [0.717, 1.165) is 48.8 Å². The van der Waals surface area contributed by atoms with E-state index in [2.05, 4.69) is 410 Å². The Morgan fingerprint density at radius 1 is 0.403 bits per heavy atom. The number of fused-ring (bicyclic) bond motifs is 3. The number of alkyl halides is 5. The Morgan fingerprint density at radius 3 is 1.02 bits per heavy atom. The van der Waals surface area contributed by atoms with Crippen LogP contribution in [0.25, 0.3) is 0 Å². The maximum atomic E-state index is 14.4. The molecule has 0 aromatic heterocycles. The SMILES string of the molecule is CC(=O)NC1C(C(C)(C)C)N(C(C)(C)C)C[C@@H]1F.CC(C)(C)C1C[C@@]2(C)C[C@H]2N1C(C)(C)C.CC(C)(C)C1C[C@](F)(CF)CN1C(C)(C)C.CC(C)(C)C1C[C@](F)(CN)CN1C(C)(C)C.CC(C)(C)C1[C@H](N)[C@@H](F)CN1C(C)(C)C.CN(C)C[C@@]12CC(C(C)(C)C)N(C(C)(C)C)[C@@H]1C2.COC[C@@]12CC(C(C)(C)C)N(C(C)(C)C)[C@@H]1C2.C[C@H]1CC(C(C)(C)C)N(C(C)(C)C)C1. The van der Waals surface area contributed by atoms with Gasteiger partial charge < -0.3 is 26.4 Å². The van der Waals surface area contributed by atoms with Crippen LogP contribution in [-0.2, 0) is 9.53 Å². The fraction of sp³-hybridized carbons (Fsp3) is 0.991. The number of carbonyl (C=O) groups excluding carboxylic acids is 1. The fourth-order valence-electron chi connectivity index (χ4n) is 24.6. The van der Waals surface area contributed by atoms with Gasteiger partial charge in [0.1, 0.15) is 24.7 Å². The van der Waals surface area contributed by atoms with Crippen molar-refractivity contribution in [3.05, 3.63) is 0 Å². The van der Waals surface area contributed by atoms with Crippen LogP contribution < -0.4 is 16.8 Å². The predicted molar refractivity (Wildman–Crippen MR) is 547 cm³/mol. The highest BCUT2D eigenvalue weighted by molar-refractivity contribution is 5.73. The van der Waals surface area contributed by atoms with E-state index >= 15 is 0 Å². The van der Waals surface area contributed by atoms with E-state index in [0.29, 0.717) is 93.0 Å². The van der Waals surface area contributed by atoms with E-state index in [1.54, 1.807) is 0 Å². The van der Waals surface area contributed by atoms with Crippen LogP contribution in [0.2, 0.25) is 0 Å². The number of hydrogen-bond donors (Lipinski definition) is 3. The second kappa shape index (κ2) is 40.3. The molecule has 3 aliphatic carbocycles. The summed E-state index contributed by atoms with van der Waals surface area (Å²) < 4.78 is 74.9. The molecule has 8 aliphatic heterocycles. The average Bonchev–Trinajstić information content (AvgIpc) is 1.53. The smallest absolute Gasteiger partial charge is 0.217 e. The first kappa shape index (κ1) is 120. The summed E-state index contributed by atoms with van der Waals surface area (Å²) in [7, 11) is 6.28. The van der Waals surface area contributed by atoms with Crippen molar-refractivity contribution < 1.29 is 31.5 Å². The molecule has 1 amide bonds. The van der Waals surface area contributed by atoms with Gasteiger partial charge in [-0.3, -0.25) is 44.0 Å². The van der Waals surface area contributed by atoms with Crippen LogP contribution in [0.3, 0.4) is 0 Å². The largest absolute Gasteiger partial charge is 0.384 e. The van der Waals surface area contributed by atoms with Crippen LogP contribution in [0, 0.1) is 65.5 Å². The van der Waals surface area contributed by atoms with Crippen molar-refractivity contribution in [1.29, 1.82) is 0 Å². The number of hydrogen-bond acceptors (Lipinski definition) is 13. The quantitative estimate of drug-likeness (QED) is 0.210. The van der Waals surface area contributed by atoms with Crippen molar-refractivity contribution in [2.45, 2.75) is 557 Å². The standard InChI is InChI=1S/C16H32N2.C15H29NO.C14H27FN2O.C14H27N.C13H25F2N.C13H27FN2.C13H27N.C12H25FN2/c1-14(2,3)12-9-16(11-17(7)8)10-13(16)18(12)15(4,5)6;1-13(2,3)11-8-15(10-17-7)9-12(15)16(11)14(4,5)6;1-9(18)16-11-10(15)8-17(14(5,6)7)12(11)13(2,3)4;1-12(2,3)10-8-14(7)9-11(14)15(10)13(4,5)6;1-11(2,3)10-7-13(15,8-14)9-16(10)12(4,5)6;1-11(2,3)10-7-13(14,8-15)9-16(10)12(4,5)6;1-10-8-11(12(2,3)4)14(9-10)13(5,6)7;1-11(2,3)10-9(14)8(13)7-15(10)12(4,5)6/h12-13H,9-11H2,1-8H3;11-12H,8-10H2,1-7H3;10-12H,8H2,1-7H3,(H,16,18);10-11H,8-9H2,1-7H3;10H,7-9H2,1-6H3;10H,7-9,15H2,1-6H3;10-11H,8-9H2,1-7H3;8-10H,7,14H2,1-6H3/t12?,13-,16+;11?,12-,15+;10-,11?,12?;10?,11-,14+;2*10?,13-;10-,11?;8-,9+,10?/m11010000/s1. The summed E-state index contributed by atoms with van der Waals surface area (Å²) in [6, 6.07) is 5.10. The van der Waals surface area contributed by atoms with E-state index in [-0.39, 0.29) is 98.6 Å². The van der Waals surface area contributed by atoms with Crippen LogP contribution >= 0.6 is 0 Å². The maximum absolute atomic E-state index is 14.4. The molecule has 0 aromatic carbocycles. The van der Waals surface area contributed by atoms with Crippen molar-refractivity contribution >= 4 is 5.91 Å². The van der Waals surface area contributed by atoms with Gasteiger partial charge in [0, 0.05) is 188 Å². The third-order valence-corrected chi connectivity index (χ3v) is 31.1. The van der Waals surface area contributed by atoms with E-state index in [1.807, 2.05) is 7.11 Å². The van der Waals surface area contributed by atoms with Crippen molar-refractivity contribution in [3.8, 4) is 0 Å². The number of piperidine rings is 3. The lowest BCUT2D eigenvalue weighted by molar-refractivity contribution is -0.120. The van der Waals surface area contributed by atoms with Gasteiger partial charge in [0.15, 0.2) is 5.67 Å². The van der Waals surface area contributed by atoms with Gasteiger partial charge in [-0.2, -0.15) is 0 Å². The number of ether oxygens (including phenoxy) is 1. The molecule has 9 unspecified atom stereocenters. The Balaban J connectivity index is 0.000000309. The number of likely N-dealkylation sites (tertiary alicyclic amines) is 8. The fourth-order valence-corrected chi connectivity index (χ4v) is 24.6. The Kier molecular flexibility index (Phi) is 37.5. The van der Waals surface area contributed by atoms with Crippen LogP contribution in [0.1, 0.15) is 411 Å². The zero-order valence-corrected chi connectivity index (χ0v) is 95.4. The number of nitrogens with one attached hydrogen (secondary N) is 1. The summed E-state index contributed by atoms with van der Waals surface area (Å²) in [5.74, 6) is 0.700.